The molecule has 22 heavy (non-hydrogen) atoms. The van der Waals surface area contributed by atoms with Gasteiger partial charge in [-0.05, 0) is 12.8 Å². The van der Waals surface area contributed by atoms with Crippen molar-refractivity contribution in [2.24, 2.45) is 0 Å². The van der Waals surface area contributed by atoms with Gasteiger partial charge in [0.2, 0.25) is 5.91 Å². The predicted molar refractivity (Wildman–Crippen MR) is 88.3 cm³/mol. The van der Waals surface area contributed by atoms with Crippen LogP contribution < -0.4 is 10.4 Å². The molecule has 0 aromatic rings. The molecule has 0 atom stereocenters. The summed E-state index contributed by atoms with van der Waals surface area (Å²) in [6, 6.07) is 0. The highest BCUT2D eigenvalue weighted by Crippen LogP contribution is 2.11. The Labute approximate surface area is 136 Å². The minimum Gasteiger partial charge on any atom is -0.550 e. The van der Waals surface area contributed by atoms with Crippen molar-refractivity contribution < 1.29 is 14.7 Å². The van der Waals surface area contributed by atoms with E-state index in [9.17, 15) is 14.7 Å². The molecule has 0 heterocycles. The fourth-order valence-electron chi connectivity index (χ4n) is 2.50. The number of hydrogen-bond donors (Lipinski definition) is 1. The molecule has 1 N–H and O–H groups in total. The molecule has 0 bridgehead atoms. The molecule has 0 aliphatic rings. The lowest BCUT2D eigenvalue weighted by Gasteiger charge is -2.06. The van der Waals surface area contributed by atoms with Gasteiger partial charge in [0.25, 0.3) is 0 Å². The highest BCUT2D eigenvalue weighted by Gasteiger charge is 2.00. The van der Waals surface area contributed by atoms with Crippen LogP contribution >= 0.6 is 0 Å². The van der Waals surface area contributed by atoms with Crippen molar-refractivity contribution in [1.82, 2.24) is 5.32 Å². The lowest BCUT2D eigenvalue weighted by Crippen LogP contribution is -2.28. The zero-order valence-electron chi connectivity index (χ0n) is 14.3. The van der Waals surface area contributed by atoms with E-state index < -0.39 is 5.97 Å². The van der Waals surface area contributed by atoms with Crippen molar-refractivity contribution in [1.29, 1.82) is 0 Å². The predicted octanol–water partition coefficient (Wildman–Crippen LogP) is 3.33. The molecule has 0 fully saturated rings. The molecule has 0 saturated heterocycles. The summed E-state index contributed by atoms with van der Waals surface area (Å²) in [4.78, 5) is 21.4. The van der Waals surface area contributed by atoms with Crippen LogP contribution in [0.3, 0.4) is 0 Å². The number of aliphatic carboxylic acids is 1. The van der Waals surface area contributed by atoms with Gasteiger partial charge in [-0.2, -0.15) is 0 Å². The minimum atomic E-state index is -1.17. The van der Waals surface area contributed by atoms with Gasteiger partial charge >= 0.3 is 0 Å². The van der Waals surface area contributed by atoms with Crippen molar-refractivity contribution in [3.8, 4) is 0 Å². The molecule has 4 heteroatoms. The van der Waals surface area contributed by atoms with Crippen molar-refractivity contribution >= 4 is 11.9 Å². The first-order valence-electron chi connectivity index (χ1n) is 9.13. The quantitative estimate of drug-likeness (QED) is 0.444. The fraction of sp³-hybridized carbons (Fsp3) is 0.889. The lowest BCUT2D eigenvalue weighted by atomic mass is 10.1. The number of nitrogens with one attached hydrogen (secondary N) is 1. The summed E-state index contributed by atoms with van der Waals surface area (Å²) in [6.07, 6.45) is 15.4. The van der Waals surface area contributed by atoms with Gasteiger partial charge in [-0.1, -0.05) is 77.6 Å². The van der Waals surface area contributed by atoms with Crippen LogP contribution in [0.1, 0.15) is 96.8 Å². The molecule has 1 amide bonds. The van der Waals surface area contributed by atoms with Crippen LogP contribution in [-0.2, 0) is 9.59 Å². The lowest BCUT2D eigenvalue weighted by molar-refractivity contribution is -0.305. The molecule has 0 saturated carbocycles. The van der Waals surface area contributed by atoms with E-state index >= 15 is 0 Å². The van der Waals surface area contributed by atoms with Gasteiger partial charge in [-0.25, -0.2) is 0 Å². The van der Waals surface area contributed by atoms with Crippen molar-refractivity contribution in [3.05, 3.63) is 0 Å². The van der Waals surface area contributed by atoms with E-state index in [4.69, 9.17) is 0 Å². The Hall–Kier alpha value is -1.06. The number of rotatable bonds is 16. The number of carbonyl (C=O) groups excluding carboxylic acids is 2. The maximum Gasteiger partial charge on any atom is 0.220 e. The summed E-state index contributed by atoms with van der Waals surface area (Å²) in [5, 5.41) is 12.9. The maximum atomic E-state index is 11.2. The summed E-state index contributed by atoms with van der Waals surface area (Å²) in [5.41, 5.74) is 0. The summed E-state index contributed by atoms with van der Waals surface area (Å²) < 4.78 is 0. The molecule has 130 valence electrons. The molecule has 0 aromatic carbocycles. The van der Waals surface area contributed by atoms with Gasteiger partial charge in [0.1, 0.15) is 0 Å². The van der Waals surface area contributed by atoms with E-state index in [-0.39, 0.29) is 18.7 Å². The summed E-state index contributed by atoms with van der Waals surface area (Å²) >= 11 is 0. The number of unbranched alkanes of at least 4 members (excludes halogenated alkanes) is 11. The van der Waals surface area contributed by atoms with Gasteiger partial charge in [0.15, 0.2) is 0 Å². The third-order valence-corrected chi connectivity index (χ3v) is 3.91. The molecule has 0 spiro atoms. The van der Waals surface area contributed by atoms with Gasteiger partial charge in [0, 0.05) is 18.9 Å². The first-order valence-corrected chi connectivity index (χ1v) is 9.13. The molecular weight excluding hydrogens is 278 g/mol. The minimum absolute atomic E-state index is 0.0284. The summed E-state index contributed by atoms with van der Waals surface area (Å²) in [6.45, 7) is 2.91. The first-order chi connectivity index (χ1) is 10.7. The molecular formula is C18H34NO3-. The first kappa shape index (κ1) is 20.9. The zero-order chi connectivity index (χ0) is 16.5. The Morgan fingerprint density at radius 2 is 1.18 bits per heavy atom. The second-order valence-electron chi connectivity index (χ2n) is 6.11. The van der Waals surface area contributed by atoms with Gasteiger partial charge in [-0.3, -0.25) is 4.79 Å². The van der Waals surface area contributed by atoms with Crippen LogP contribution in [0.4, 0.5) is 0 Å². The van der Waals surface area contributed by atoms with E-state index in [2.05, 4.69) is 12.2 Å². The number of amides is 1. The Morgan fingerprint density at radius 3 is 1.64 bits per heavy atom. The van der Waals surface area contributed by atoms with E-state index in [1.54, 1.807) is 0 Å². The normalized spacial score (nSPS) is 10.6. The van der Waals surface area contributed by atoms with Gasteiger partial charge < -0.3 is 15.2 Å². The van der Waals surface area contributed by atoms with Crippen LogP contribution in [0.25, 0.3) is 0 Å². The number of carboxylic acids is 1. The van der Waals surface area contributed by atoms with Crippen molar-refractivity contribution in [3.63, 3.8) is 0 Å². The third-order valence-electron chi connectivity index (χ3n) is 3.91. The second kappa shape index (κ2) is 16.3. The van der Waals surface area contributed by atoms with Crippen LogP contribution in [0, 0.1) is 0 Å². The average molecular weight is 312 g/mol. The molecule has 0 aromatic heterocycles. The topological polar surface area (TPSA) is 69.2 Å². The third kappa shape index (κ3) is 17.0. The van der Waals surface area contributed by atoms with Crippen molar-refractivity contribution in [2.45, 2.75) is 96.8 Å². The van der Waals surface area contributed by atoms with E-state index in [1.807, 2.05) is 0 Å². The molecule has 0 aliphatic carbocycles. The SMILES string of the molecule is CCCCCCCCCCCCCCNC(=O)CCC(=O)[O-]. The molecule has 4 nitrogen and oxygen atoms in total. The number of carboxylic acid groups (broad SMARTS) is 1. The summed E-state index contributed by atoms with van der Waals surface area (Å²) in [7, 11) is 0. The molecule has 0 rings (SSSR count). The van der Waals surface area contributed by atoms with Crippen molar-refractivity contribution in [2.75, 3.05) is 6.54 Å². The Bertz CT molecular complexity index is 280. The highest BCUT2D eigenvalue weighted by molar-refractivity contribution is 5.79. The zero-order valence-corrected chi connectivity index (χ0v) is 14.3. The molecule has 0 aliphatic heterocycles. The van der Waals surface area contributed by atoms with Crippen LogP contribution in [-0.4, -0.2) is 18.4 Å². The Balaban J connectivity index is 3.11. The van der Waals surface area contributed by atoms with Gasteiger partial charge in [-0.15, -0.1) is 0 Å². The number of hydrogen-bond acceptors (Lipinski definition) is 3. The Morgan fingerprint density at radius 1 is 0.727 bits per heavy atom. The largest absolute Gasteiger partial charge is 0.550 e. The van der Waals surface area contributed by atoms with Crippen LogP contribution in [0.15, 0.2) is 0 Å². The highest BCUT2D eigenvalue weighted by atomic mass is 16.4. The van der Waals surface area contributed by atoms with Gasteiger partial charge in [0.05, 0.1) is 0 Å². The Kier molecular flexibility index (Phi) is 15.5. The van der Waals surface area contributed by atoms with Crippen LogP contribution in [0.5, 0.6) is 0 Å². The van der Waals surface area contributed by atoms with E-state index in [1.165, 1.54) is 64.2 Å². The average Bonchev–Trinajstić information content (AvgIpc) is 2.49. The monoisotopic (exact) mass is 312 g/mol. The number of carbonyl (C=O) groups is 2. The summed E-state index contributed by atoms with van der Waals surface area (Å²) in [5.74, 6) is -1.35. The smallest absolute Gasteiger partial charge is 0.220 e. The standard InChI is InChI=1S/C18H35NO3/c1-2-3-4-5-6-7-8-9-10-11-12-13-16-19-17(20)14-15-18(21)22/h2-16H2,1H3,(H,19,20)(H,21,22)/p-1. The fourth-order valence-corrected chi connectivity index (χ4v) is 2.50. The van der Waals surface area contributed by atoms with E-state index in [0.717, 1.165) is 12.8 Å². The van der Waals surface area contributed by atoms with E-state index in [0.29, 0.717) is 6.54 Å². The maximum absolute atomic E-state index is 11.2. The van der Waals surface area contributed by atoms with Crippen LogP contribution in [0.2, 0.25) is 0 Å². The molecule has 0 radical (unpaired) electrons. The second-order valence-corrected chi connectivity index (χ2v) is 6.11. The molecule has 0 unspecified atom stereocenters.